The summed E-state index contributed by atoms with van der Waals surface area (Å²) in [6.45, 7) is -0.188. The standard InChI is InChI=1S/C13H11NO7/c1-19-10-3-2-8(14(17)18)6-11(10)21-7-12-9(13(15)16)4-5-20-12/h2-6H,7H2,1H3,(H,15,16). The lowest BCUT2D eigenvalue weighted by Crippen LogP contribution is -2.03. The Bertz CT molecular complexity index is 677. The highest BCUT2D eigenvalue weighted by Crippen LogP contribution is 2.32. The lowest BCUT2D eigenvalue weighted by atomic mass is 10.2. The summed E-state index contributed by atoms with van der Waals surface area (Å²) in [6.07, 6.45) is 1.23. The molecule has 21 heavy (non-hydrogen) atoms. The molecule has 8 heteroatoms. The SMILES string of the molecule is COc1ccc([N+](=O)[O-])cc1OCc1occc1C(=O)O. The van der Waals surface area contributed by atoms with Crippen LogP contribution in [-0.2, 0) is 6.61 Å². The number of methoxy groups -OCH3 is 1. The number of non-ortho nitro benzene ring substituents is 1. The molecular weight excluding hydrogens is 282 g/mol. The number of carbonyl (C=O) groups is 1. The van der Waals surface area contributed by atoms with Gasteiger partial charge >= 0.3 is 5.97 Å². The third-order valence-corrected chi connectivity index (χ3v) is 2.69. The Hall–Kier alpha value is -3.03. The molecule has 0 aliphatic carbocycles. The molecule has 1 aromatic carbocycles. The summed E-state index contributed by atoms with van der Waals surface area (Å²) in [5.41, 5.74) is -0.192. The van der Waals surface area contributed by atoms with Gasteiger partial charge in [-0.2, -0.15) is 0 Å². The van der Waals surface area contributed by atoms with E-state index in [2.05, 4.69) is 0 Å². The number of furan rings is 1. The molecule has 1 heterocycles. The van der Waals surface area contributed by atoms with Gasteiger partial charge in [0.05, 0.1) is 24.4 Å². The molecule has 0 saturated carbocycles. The number of benzene rings is 1. The minimum Gasteiger partial charge on any atom is -0.493 e. The average molecular weight is 293 g/mol. The van der Waals surface area contributed by atoms with Crippen LogP contribution in [0.3, 0.4) is 0 Å². The van der Waals surface area contributed by atoms with Crippen molar-refractivity contribution in [1.82, 2.24) is 0 Å². The van der Waals surface area contributed by atoms with Crippen molar-refractivity contribution in [2.24, 2.45) is 0 Å². The van der Waals surface area contributed by atoms with Crippen LogP contribution >= 0.6 is 0 Å². The fraction of sp³-hybridized carbons (Fsp3) is 0.154. The first-order valence-corrected chi connectivity index (χ1v) is 5.78. The Balaban J connectivity index is 2.22. The minimum absolute atomic E-state index is 0.0283. The largest absolute Gasteiger partial charge is 0.493 e. The molecule has 1 aromatic heterocycles. The highest BCUT2D eigenvalue weighted by atomic mass is 16.6. The van der Waals surface area contributed by atoms with Gasteiger partial charge in [-0.1, -0.05) is 0 Å². The third-order valence-electron chi connectivity index (χ3n) is 2.69. The molecule has 1 N–H and O–H groups in total. The molecule has 0 amide bonds. The highest BCUT2D eigenvalue weighted by Gasteiger charge is 2.16. The number of aromatic carboxylic acids is 1. The molecule has 0 bridgehead atoms. The van der Waals surface area contributed by atoms with E-state index in [1.165, 1.54) is 37.6 Å². The van der Waals surface area contributed by atoms with E-state index in [4.69, 9.17) is 19.0 Å². The van der Waals surface area contributed by atoms with Gasteiger partial charge in [-0.15, -0.1) is 0 Å². The summed E-state index contributed by atoms with van der Waals surface area (Å²) in [4.78, 5) is 21.1. The van der Waals surface area contributed by atoms with Crippen molar-refractivity contribution in [1.29, 1.82) is 0 Å². The Morgan fingerprint density at radius 2 is 2.14 bits per heavy atom. The van der Waals surface area contributed by atoms with E-state index in [0.29, 0.717) is 5.75 Å². The van der Waals surface area contributed by atoms with E-state index in [0.717, 1.165) is 0 Å². The van der Waals surface area contributed by atoms with E-state index in [9.17, 15) is 14.9 Å². The van der Waals surface area contributed by atoms with Crippen molar-refractivity contribution in [2.75, 3.05) is 7.11 Å². The second-order valence-corrected chi connectivity index (χ2v) is 3.94. The number of nitrogens with zero attached hydrogens (tertiary/aromatic N) is 1. The van der Waals surface area contributed by atoms with Gasteiger partial charge in [-0.25, -0.2) is 4.79 Å². The zero-order valence-electron chi connectivity index (χ0n) is 10.9. The number of carboxylic acid groups (broad SMARTS) is 1. The molecule has 2 aromatic rings. The minimum atomic E-state index is -1.15. The number of rotatable bonds is 6. The maximum atomic E-state index is 10.9. The molecular formula is C13H11NO7. The number of carboxylic acids is 1. The Kier molecular flexibility index (Phi) is 4.07. The van der Waals surface area contributed by atoms with Gasteiger partial charge in [0.1, 0.15) is 12.2 Å². The van der Waals surface area contributed by atoms with Crippen molar-refractivity contribution in [3.63, 3.8) is 0 Å². The van der Waals surface area contributed by atoms with Crippen LogP contribution in [0.15, 0.2) is 34.9 Å². The van der Waals surface area contributed by atoms with E-state index >= 15 is 0 Å². The zero-order chi connectivity index (χ0) is 15.4. The lowest BCUT2D eigenvalue weighted by molar-refractivity contribution is -0.385. The number of nitro groups is 1. The van der Waals surface area contributed by atoms with E-state index in [-0.39, 0.29) is 29.4 Å². The molecule has 0 aliphatic rings. The molecule has 0 radical (unpaired) electrons. The smallest absolute Gasteiger partial charge is 0.339 e. The van der Waals surface area contributed by atoms with Gasteiger partial charge in [0, 0.05) is 6.07 Å². The lowest BCUT2D eigenvalue weighted by Gasteiger charge is -2.09. The molecule has 0 fully saturated rings. The zero-order valence-corrected chi connectivity index (χ0v) is 10.9. The van der Waals surface area contributed by atoms with Gasteiger partial charge in [0.25, 0.3) is 5.69 Å². The van der Waals surface area contributed by atoms with Crippen LogP contribution < -0.4 is 9.47 Å². The second kappa shape index (κ2) is 5.95. The van der Waals surface area contributed by atoms with Gasteiger partial charge in [-0.05, 0) is 12.1 Å². The first-order valence-electron chi connectivity index (χ1n) is 5.78. The molecule has 0 aliphatic heterocycles. The summed E-state index contributed by atoms with van der Waals surface area (Å²) in [7, 11) is 1.39. The summed E-state index contributed by atoms with van der Waals surface area (Å²) in [6, 6.07) is 5.17. The Labute approximate surface area is 118 Å². The normalized spacial score (nSPS) is 10.1. The van der Waals surface area contributed by atoms with E-state index in [1.807, 2.05) is 0 Å². The predicted molar refractivity (Wildman–Crippen MR) is 69.6 cm³/mol. The summed E-state index contributed by atoms with van der Waals surface area (Å²) < 4.78 is 15.4. The van der Waals surface area contributed by atoms with E-state index in [1.54, 1.807) is 0 Å². The maximum absolute atomic E-state index is 10.9. The molecule has 0 spiro atoms. The fourth-order valence-corrected chi connectivity index (χ4v) is 1.68. The molecule has 2 rings (SSSR count). The number of ether oxygens (including phenoxy) is 2. The highest BCUT2D eigenvalue weighted by molar-refractivity contribution is 5.88. The topological polar surface area (TPSA) is 112 Å². The summed E-state index contributed by atoms with van der Waals surface area (Å²) in [5.74, 6) is -0.618. The van der Waals surface area contributed by atoms with Crippen molar-refractivity contribution >= 4 is 11.7 Å². The number of nitro benzene ring substituents is 1. The van der Waals surface area contributed by atoms with Crippen molar-refractivity contribution in [3.05, 3.63) is 52.0 Å². The van der Waals surface area contributed by atoms with Crippen LogP contribution in [0.2, 0.25) is 0 Å². The van der Waals surface area contributed by atoms with Crippen LogP contribution in [0.25, 0.3) is 0 Å². The van der Waals surface area contributed by atoms with Crippen LogP contribution in [0, 0.1) is 10.1 Å². The quantitative estimate of drug-likeness (QED) is 0.643. The van der Waals surface area contributed by atoms with Gasteiger partial charge in [0.2, 0.25) is 0 Å². The van der Waals surface area contributed by atoms with Crippen LogP contribution in [0.5, 0.6) is 11.5 Å². The Morgan fingerprint density at radius 1 is 1.38 bits per heavy atom. The van der Waals surface area contributed by atoms with Crippen LogP contribution in [-0.4, -0.2) is 23.1 Å². The molecule has 0 unspecified atom stereocenters. The summed E-state index contributed by atoms with van der Waals surface area (Å²) >= 11 is 0. The number of hydrogen-bond acceptors (Lipinski definition) is 6. The van der Waals surface area contributed by atoms with Gasteiger partial charge in [-0.3, -0.25) is 10.1 Å². The Morgan fingerprint density at radius 3 is 2.76 bits per heavy atom. The molecule has 0 atom stereocenters. The fourth-order valence-electron chi connectivity index (χ4n) is 1.68. The van der Waals surface area contributed by atoms with Crippen molar-refractivity contribution in [3.8, 4) is 11.5 Å². The average Bonchev–Trinajstić information content (AvgIpc) is 2.93. The van der Waals surface area contributed by atoms with Crippen molar-refractivity contribution in [2.45, 2.75) is 6.61 Å². The first-order chi connectivity index (χ1) is 10.0. The van der Waals surface area contributed by atoms with Gasteiger partial charge in [0.15, 0.2) is 17.3 Å². The third kappa shape index (κ3) is 3.11. The monoisotopic (exact) mass is 293 g/mol. The van der Waals surface area contributed by atoms with Gasteiger partial charge < -0.3 is 19.0 Å². The number of hydrogen-bond donors (Lipinski definition) is 1. The van der Waals surface area contributed by atoms with Crippen LogP contribution in [0.1, 0.15) is 16.1 Å². The van der Waals surface area contributed by atoms with Crippen LogP contribution in [0.4, 0.5) is 5.69 Å². The molecule has 8 nitrogen and oxygen atoms in total. The summed E-state index contributed by atoms with van der Waals surface area (Å²) in [5, 5.41) is 19.7. The first kappa shape index (κ1) is 14.4. The predicted octanol–water partition coefficient (Wildman–Crippen LogP) is 2.47. The second-order valence-electron chi connectivity index (χ2n) is 3.94. The van der Waals surface area contributed by atoms with Crippen molar-refractivity contribution < 1.29 is 28.7 Å². The molecule has 110 valence electrons. The van der Waals surface area contributed by atoms with E-state index < -0.39 is 10.9 Å². The maximum Gasteiger partial charge on any atom is 0.339 e. The molecule has 0 saturated heterocycles.